The molecule has 0 fully saturated rings. The van der Waals surface area contributed by atoms with Crippen LogP contribution in [0.1, 0.15) is 17.1 Å². The van der Waals surface area contributed by atoms with Gasteiger partial charge in [-0.25, -0.2) is 4.98 Å². The van der Waals surface area contributed by atoms with E-state index in [-0.39, 0.29) is 12.5 Å². The fourth-order valence-corrected chi connectivity index (χ4v) is 2.16. The molecule has 0 radical (unpaired) electrons. The molecule has 1 heterocycles. The van der Waals surface area contributed by atoms with E-state index in [1.807, 2.05) is 12.3 Å². The number of aromatic nitrogens is 1. The molecule has 0 aromatic carbocycles. The zero-order valence-electron chi connectivity index (χ0n) is 10.9. The van der Waals surface area contributed by atoms with Gasteiger partial charge >= 0.3 is 0 Å². The summed E-state index contributed by atoms with van der Waals surface area (Å²) < 4.78 is 9.92. The van der Waals surface area contributed by atoms with E-state index in [1.165, 1.54) is 0 Å². The fourth-order valence-electron chi connectivity index (χ4n) is 1.34. The lowest BCUT2D eigenvalue weighted by atomic mass is 10.3. The molecule has 0 atom stereocenters. The number of hydrogen-bond acceptors (Lipinski definition) is 5. The summed E-state index contributed by atoms with van der Waals surface area (Å²) in [4.78, 5) is 15.7. The number of rotatable bonds is 9. The Bertz CT molecular complexity index is 355. The van der Waals surface area contributed by atoms with Gasteiger partial charge in [-0.2, -0.15) is 0 Å². The summed E-state index contributed by atoms with van der Waals surface area (Å²) in [5.41, 5.74) is 1.06. The predicted octanol–water partition coefficient (Wildman–Crippen LogP) is 1.16. The summed E-state index contributed by atoms with van der Waals surface area (Å²) >= 11 is 1.67. The summed E-state index contributed by atoms with van der Waals surface area (Å²) in [6.45, 7) is 3.70. The Morgan fingerprint density at radius 1 is 1.50 bits per heavy atom. The Hall–Kier alpha value is -0.980. The van der Waals surface area contributed by atoms with E-state index in [0.717, 1.165) is 23.5 Å². The molecule has 1 amide bonds. The van der Waals surface area contributed by atoms with Crippen LogP contribution in [0.5, 0.6) is 0 Å². The number of methoxy groups -OCH3 is 1. The van der Waals surface area contributed by atoms with Crippen LogP contribution in [0.25, 0.3) is 0 Å². The summed E-state index contributed by atoms with van der Waals surface area (Å²) in [6.07, 6.45) is 1.81. The summed E-state index contributed by atoms with van der Waals surface area (Å²) in [6, 6.07) is 0. The van der Waals surface area contributed by atoms with Crippen molar-refractivity contribution in [3.8, 4) is 0 Å². The number of nitrogens with one attached hydrogen (secondary N) is 1. The third-order valence-electron chi connectivity index (χ3n) is 2.22. The normalized spacial score (nSPS) is 10.6. The monoisotopic (exact) mass is 272 g/mol. The van der Waals surface area contributed by atoms with E-state index in [1.54, 1.807) is 18.4 Å². The van der Waals surface area contributed by atoms with Crippen LogP contribution in [0, 0.1) is 6.92 Å². The van der Waals surface area contributed by atoms with E-state index >= 15 is 0 Å². The molecule has 0 saturated heterocycles. The molecule has 0 unspecified atom stereocenters. The number of amides is 1. The number of carbonyl (C=O) groups excluding carboxylic acids is 1. The van der Waals surface area contributed by atoms with Crippen LogP contribution in [0.4, 0.5) is 0 Å². The van der Waals surface area contributed by atoms with Crippen molar-refractivity contribution in [2.45, 2.75) is 19.8 Å². The Morgan fingerprint density at radius 3 is 3.00 bits per heavy atom. The first kappa shape index (κ1) is 15.1. The van der Waals surface area contributed by atoms with Crippen molar-refractivity contribution in [1.29, 1.82) is 0 Å². The molecular weight excluding hydrogens is 252 g/mol. The summed E-state index contributed by atoms with van der Waals surface area (Å²) in [5, 5.41) is 5.97. The molecule has 6 heteroatoms. The second-order valence-electron chi connectivity index (χ2n) is 3.88. The molecule has 0 spiro atoms. The van der Waals surface area contributed by atoms with Gasteiger partial charge in [0.05, 0.1) is 18.2 Å². The largest absolute Gasteiger partial charge is 0.382 e. The van der Waals surface area contributed by atoms with Crippen molar-refractivity contribution in [3.63, 3.8) is 0 Å². The molecule has 1 aromatic heterocycles. The van der Waals surface area contributed by atoms with Crippen molar-refractivity contribution in [2.24, 2.45) is 0 Å². The Balaban J connectivity index is 1.98. The number of nitrogens with zero attached hydrogens (tertiary/aromatic N) is 1. The van der Waals surface area contributed by atoms with Gasteiger partial charge in [0, 0.05) is 31.1 Å². The van der Waals surface area contributed by atoms with Gasteiger partial charge in [0.2, 0.25) is 5.91 Å². The van der Waals surface area contributed by atoms with Crippen LogP contribution in [-0.2, 0) is 20.7 Å². The minimum atomic E-state index is -0.0820. The number of carbonyl (C=O) groups is 1. The Morgan fingerprint density at radius 2 is 2.33 bits per heavy atom. The standard InChI is InChI=1S/C12H20N2O3S/c1-10-9-18-12(14-10)4-3-5-13-11(15)8-17-7-6-16-2/h9H,3-8H2,1-2H3,(H,13,15). The molecule has 0 saturated carbocycles. The SMILES string of the molecule is COCCOCC(=O)NCCCc1nc(C)cs1. The smallest absolute Gasteiger partial charge is 0.245 e. The van der Waals surface area contributed by atoms with Crippen molar-refractivity contribution in [3.05, 3.63) is 16.1 Å². The van der Waals surface area contributed by atoms with Gasteiger partial charge < -0.3 is 14.8 Å². The number of ether oxygens (including phenoxy) is 2. The third-order valence-corrected chi connectivity index (χ3v) is 3.25. The third kappa shape index (κ3) is 6.68. The van der Waals surface area contributed by atoms with Gasteiger partial charge in [-0.15, -0.1) is 11.3 Å². The molecule has 1 rings (SSSR count). The second-order valence-corrected chi connectivity index (χ2v) is 4.82. The van der Waals surface area contributed by atoms with Crippen molar-refractivity contribution in [2.75, 3.05) is 33.5 Å². The molecule has 0 bridgehead atoms. The van der Waals surface area contributed by atoms with Crippen molar-refractivity contribution in [1.82, 2.24) is 10.3 Å². The van der Waals surface area contributed by atoms with Crippen molar-refractivity contribution >= 4 is 17.2 Å². The molecule has 0 aliphatic carbocycles. The number of thiazole rings is 1. The maximum atomic E-state index is 11.3. The molecule has 1 N–H and O–H groups in total. The predicted molar refractivity (Wildman–Crippen MR) is 70.9 cm³/mol. The summed E-state index contributed by atoms with van der Waals surface area (Å²) in [7, 11) is 1.60. The van der Waals surface area contributed by atoms with Gasteiger partial charge in [0.15, 0.2) is 0 Å². The van der Waals surface area contributed by atoms with Gasteiger partial charge in [0.1, 0.15) is 6.61 Å². The minimum Gasteiger partial charge on any atom is -0.382 e. The highest BCUT2D eigenvalue weighted by Gasteiger charge is 2.02. The highest BCUT2D eigenvalue weighted by molar-refractivity contribution is 7.09. The quantitative estimate of drug-likeness (QED) is 0.685. The molecule has 5 nitrogen and oxygen atoms in total. The van der Waals surface area contributed by atoms with Crippen molar-refractivity contribution < 1.29 is 14.3 Å². The lowest BCUT2D eigenvalue weighted by Gasteiger charge is -2.05. The molecular formula is C12H20N2O3S. The van der Waals surface area contributed by atoms with E-state index in [9.17, 15) is 4.79 Å². The average Bonchev–Trinajstić information content (AvgIpc) is 2.76. The van der Waals surface area contributed by atoms with Crippen LogP contribution in [0.15, 0.2) is 5.38 Å². The molecule has 0 aliphatic heterocycles. The Kier molecular flexibility index (Phi) is 7.55. The first-order chi connectivity index (χ1) is 8.72. The van der Waals surface area contributed by atoms with Gasteiger partial charge in [-0.05, 0) is 13.3 Å². The van der Waals surface area contributed by atoms with E-state index in [0.29, 0.717) is 19.8 Å². The number of hydrogen-bond donors (Lipinski definition) is 1. The van der Waals surface area contributed by atoms with Gasteiger partial charge in [-0.3, -0.25) is 4.79 Å². The second kappa shape index (κ2) is 9.02. The van der Waals surface area contributed by atoms with Crippen LogP contribution in [0.2, 0.25) is 0 Å². The topological polar surface area (TPSA) is 60.5 Å². The summed E-state index contributed by atoms with van der Waals surface area (Å²) in [5.74, 6) is -0.0820. The molecule has 18 heavy (non-hydrogen) atoms. The maximum absolute atomic E-state index is 11.3. The van der Waals surface area contributed by atoms with E-state index in [4.69, 9.17) is 9.47 Å². The van der Waals surface area contributed by atoms with Crippen LogP contribution in [0.3, 0.4) is 0 Å². The first-order valence-corrected chi connectivity index (χ1v) is 6.84. The highest BCUT2D eigenvalue weighted by atomic mass is 32.1. The van der Waals surface area contributed by atoms with Gasteiger partial charge in [-0.1, -0.05) is 0 Å². The lowest BCUT2D eigenvalue weighted by Crippen LogP contribution is -2.29. The van der Waals surface area contributed by atoms with Crippen LogP contribution in [-0.4, -0.2) is 44.4 Å². The number of aryl methyl sites for hydroxylation is 2. The maximum Gasteiger partial charge on any atom is 0.245 e. The lowest BCUT2D eigenvalue weighted by molar-refractivity contribution is -0.126. The van der Waals surface area contributed by atoms with Gasteiger partial charge in [0.25, 0.3) is 0 Å². The molecule has 1 aromatic rings. The van der Waals surface area contributed by atoms with Crippen LogP contribution < -0.4 is 5.32 Å². The van der Waals surface area contributed by atoms with E-state index in [2.05, 4.69) is 10.3 Å². The van der Waals surface area contributed by atoms with E-state index < -0.39 is 0 Å². The molecule has 0 aliphatic rings. The first-order valence-electron chi connectivity index (χ1n) is 5.96. The zero-order valence-corrected chi connectivity index (χ0v) is 11.7. The molecule has 102 valence electrons. The average molecular weight is 272 g/mol. The zero-order chi connectivity index (χ0) is 13.2. The minimum absolute atomic E-state index is 0.0820. The Labute approximate surface area is 112 Å². The fraction of sp³-hybridized carbons (Fsp3) is 0.667. The highest BCUT2D eigenvalue weighted by Crippen LogP contribution is 2.10. The van der Waals surface area contributed by atoms with Crippen LogP contribution >= 0.6 is 11.3 Å².